The van der Waals surface area contributed by atoms with Crippen molar-refractivity contribution in [3.63, 3.8) is 0 Å². The Morgan fingerprint density at radius 2 is 2.00 bits per heavy atom. The molecule has 2 aromatic rings. The van der Waals surface area contributed by atoms with Gasteiger partial charge in [0.25, 0.3) is 5.56 Å². The van der Waals surface area contributed by atoms with E-state index in [0.717, 1.165) is 0 Å². The lowest BCUT2D eigenvalue weighted by Gasteiger charge is -2.05. The summed E-state index contributed by atoms with van der Waals surface area (Å²) in [7, 11) is 0. The maximum absolute atomic E-state index is 11.9. The van der Waals surface area contributed by atoms with Gasteiger partial charge in [-0.25, -0.2) is 4.98 Å². The van der Waals surface area contributed by atoms with Gasteiger partial charge in [-0.05, 0) is 0 Å². The van der Waals surface area contributed by atoms with E-state index in [1.54, 1.807) is 0 Å². The van der Waals surface area contributed by atoms with Gasteiger partial charge in [0.15, 0.2) is 11.2 Å². The molecular weight excluding hydrogens is 253 g/mol. The van der Waals surface area contributed by atoms with Crippen LogP contribution in [0, 0.1) is 0 Å². The van der Waals surface area contributed by atoms with Crippen LogP contribution in [0.5, 0.6) is 0 Å². The number of rotatable bonds is 3. The first kappa shape index (κ1) is 12.4. The van der Waals surface area contributed by atoms with Gasteiger partial charge in [-0.3, -0.25) is 9.78 Å². The van der Waals surface area contributed by atoms with Crippen LogP contribution in [-0.4, -0.2) is 32.7 Å². The van der Waals surface area contributed by atoms with Crippen molar-refractivity contribution in [3.05, 3.63) is 16.2 Å². The number of anilines is 1. The lowest BCUT2D eigenvalue weighted by atomic mass is 10.5. The fraction of sp³-hybridized carbons (Fsp3) is 0.375. The third-order valence-electron chi connectivity index (χ3n) is 2.05. The van der Waals surface area contributed by atoms with Crippen LogP contribution in [0.4, 0.5) is 19.1 Å². The highest BCUT2D eigenvalue weighted by Crippen LogP contribution is 2.12. The predicted molar refractivity (Wildman–Crippen MR) is 56.7 cm³/mol. The zero-order valence-electron chi connectivity index (χ0n) is 8.93. The van der Waals surface area contributed by atoms with Crippen LogP contribution in [0.25, 0.3) is 11.2 Å². The third-order valence-corrected chi connectivity index (χ3v) is 2.05. The van der Waals surface area contributed by atoms with E-state index in [-0.39, 0.29) is 29.5 Å². The first-order valence-electron chi connectivity index (χ1n) is 4.87. The minimum atomic E-state index is -4.30. The first-order valence-corrected chi connectivity index (χ1v) is 4.87. The second-order valence-corrected chi connectivity index (χ2v) is 3.55. The van der Waals surface area contributed by atoms with Gasteiger partial charge >= 0.3 is 6.18 Å². The van der Waals surface area contributed by atoms with E-state index in [1.807, 2.05) is 0 Å². The molecule has 0 aliphatic rings. The molecule has 5 N–H and O–H groups in total. The van der Waals surface area contributed by atoms with Gasteiger partial charge in [0.1, 0.15) is 5.82 Å². The van der Waals surface area contributed by atoms with Crippen molar-refractivity contribution in [3.8, 4) is 0 Å². The highest BCUT2D eigenvalue weighted by atomic mass is 19.4. The van der Waals surface area contributed by atoms with E-state index in [9.17, 15) is 18.0 Å². The SMILES string of the molecule is Nc1nc2nc(CNCC(F)(F)F)[nH]c2c(=O)[nH]1. The molecule has 0 fully saturated rings. The van der Waals surface area contributed by atoms with Gasteiger partial charge in [-0.15, -0.1) is 0 Å². The number of imidazole rings is 1. The molecule has 10 heteroatoms. The highest BCUT2D eigenvalue weighted by molar-refractivity contribution is 5.70. The summed E-state index contributed by atoms with van der Waals surface area (Å²) >= 11 is 0. The van der Waals surface area contributed by atoms with Crippen LogP contribution >= 0.6 is 0 Å². The molecule has 98 valence electrons. The molecule has 0 aromatic carbocycles. The Kier molecular flexibility index (Phi) is 2.95. The zero-order chi connectivity index (χ0) is 13.3. The van der Waals surface area contributed by atoms with Crippen molar-refractivity contribution in [2.45, 2.75) is 12.7 Å². The predicted octanol–water partition coefficient (Wildman–Crippen LogP) is -0.120. The number of alkyl halides is 3. The number of aromatic amines is 2. The maximum atomic E-state index is 11.9. The Morgan fingerprint density at radius 3 is 2.67 bits per heavy atom. The van der Waals surface area contributed by atoms with Crippen molar-refractivity contribution in [1.82, 2.24) is 25.3 Å². The smallest absolute Gasteiger partial charge is 0.369 e. The van der Waals surface area contributed by atoms with E-state index >= 15 is 0 Å². The van der Waals surface area contributed by atoms with Gasteiger partial charge in [0.2, 0.25) is 5.95 Å². The molecular formula is C8H9F3N6O. The van der Waals surface area contributed by atoms with Gasteiger partial charge in [0.05, 0.1) is 13.1 Å². The van der Waals surface area contributed by atoms with Crippen LogP contribution in [0.3, 0.4) is 0 Å². The zero-order valence-corrected chi connectivity index (χ0v) is 8.93. The Labute approximate surface area is 97.6 Å². The number of fused-ring (bicyclic) bond motifs is 1. The Morgan fingerprint density at radius 1 is 1.28 bits per heavy atom. The quantitative estimate of drug-likeness (QED) is 0.616. The van der Waals surface area contributed by atoms with Crippen LogP contribution in [0.1, 0.15) is 5.82 Å². The van der Waals surface area contributed by atoms with Crippen molar-refractivity contribution in [1.29, 1.82) is 0 Å². The molecule has 0 amide bonds. The number of hydrogen-bond acceptors (Lipinski definition) is 5. The second kappa shape index (κ2) is 4.29. The molecule has 0 unspecified atom stereocenters. The molecule has 0 spiro atoms. The number of nitrogens with zero attached hydrogens (tertiary/aromatic N) is 2. The number of hydrogen-bond donors (Lipinski definition) is 4. The Balaban J connectivity index is 2.16. The summed E-state index contributed by atoms with van der Waals surface area (Å²) in [5.41, 5.74) is 4.93. The number of nitrogens with one attached hydrogen (secondary N) is 3. The molecule has 18 heavy (non-hydrogen) atoms. The summed E-state index contributed by atoms with van der Waals surface area (Å²) in [6, 6.07) is 0. The normalized spacial score (nSPS) is 12.2. The second-order valence-electron chi connectivity index (χ2n) is 3.55. The molecule has 0 aliphatic heterocycles. The summed E-state index contributed by atoms with van der Waals surface area (Å²) in [4.78, 5) is 23.8. The minimum absolute atomic E-state index is 0.0695. The number of nitrogen functional groups attached to an aromatic ring is 1. The number of aromatic nitrogens is 4. The van der Waals surface area contributed by atoms with Crippen LogP contribution in [-0.2, 0) is 6.54 Å². The molecule has 2 aromatic heterocycles. The monoisotopic (exact) mass is 262 g/mol. The molecule has 0 bridgehead atoms. The van der Waals surface area contributed by atoms with Crippen molar-refractivity contribution in [2.24, 2.45) is 0 Å². The van der Waals surface area contributed by atoms with E-state index in [4.69, 9.17) is 5.73 Å². The number of H-pyrrole nitrogens is 2. The van der Waals surface area contributed by atoms with E-state index in [0.29, 0.717) is 0 Å². The topological polar surface area (TPSA) is 112 Å². The fourth-order valence-corrected chi connectivity index (χ4v) is 1.38. The summed E-state index contributed by atoms with van der Waals surface area (Å²) < 4.78 is 35.7. The van der Waals surface area contributed by atoms with Crippen molar-refractivity contribution >= 4 is 17.1 Å². The first-order chi connectivity index (χ1) is 8.35. The van der Waals surface area contributed by atoms with Gasteiger partial charge < -0.3 is 16.0 Å². The lowest BCUT2D eigenvalue weighted by Crippen LogP contribution is -2.28. The van der Waals surface area contributed by atoms with Crippen LogP contribution < -0.4 is 16.6 Å². The van der Waals surface area contributed by atoms with E-state index < -0.39 is 18.3 Å². The summed E-state index contributed by atoms with van der Waals surface area (Å²) in [6.07, 6.45) is -4.30. The van der Waals surface area contributed by atoms with E-state index in [1.165, 1.54) is 0 Å². The summed E-state index contributed by atoms with van der Waals surface area (Å²) in [5, 5.41) is 2.15. The maximum Gasteiger partial charge on any atom is 0.401 e. The standard InChI is InChI=1S/C8H9F3N6O/c9-8(10,11)2-13-1-3-14-4-5(15-3)16-7(12)17-6(4)18/h13H,1-2H2,(H4,12,14,15,16,17,18). The summed E-state index contributed by atoms with van der Waals surface area (Å²) in [6.45, 7) is -1.30. The highest BCUT2D eigenvalue weighted by Gasteiger charge is 2.26. The average Bonchev–Trinajstić information content (AvgIpc) is 2.58. The van der Waals surface area contributed by atoms with Crippen LogP contribution in [0.15, 0.2) is 4.79 Å². The molecule has 2 heterocycles. The molecule has 0 atom stereocenters. The van der Waals surface area contributed by atoms with Crippen LogP contribution in [0.2, 0.25) is 0 Å². The largest absolute Gasteiger partial charge is 0.401 e. The number of nitrogens with two attached hydrogens (primary N) is 1. The average molecular weight is 262 g/mol. The van der Waals surface area contributed by atoms with Crippen molar-refractivity contribution in [2.75, 3.05) is 12.3 Å². The Bertz CT molecular complexity index is 615. The minimum Gasteiger partial charge on any atom is -0.369 e. The van der Waals surface area contributed by atoms with Gasteiger partial charge in [-0.2, -0.15) is 18.2 Å². The molecule has 0 saturated heterocycles. The lowest BCUT2D eigenvalue weighted by molar-refractivity contribution is -0.125. The molecule has 2 rings (SSSR count). The third kappa shape index (κ3) is 2.77. The van der Waals surface area contributed by atoms with Crippen molar-refractivity contribution < 1.29 is 13.2 Å². The van der Waals surface area contributed by atoms with Gasteiger partial charge in [0, 0.05) is 0 Å². The van der Waals surface area contributed by atoms with E-state index in [2.05, 4.69) is 25.3 Å². The summed E-state index contributed by atoms with van der Waals surface area (Å²) in [5.74, 6) is 0.0756. The van der Waals surface area contributed by atoms with Gasteiger partial charge in [-0.1, -0.05) is 0 Å². The molecule has 0 aliphatic carbocycles. The fourth-order valence-electron chi connectivity index (χ4n) is 1.38. The Hall–Kier alpha value is -2.10. The number of halogens is 3. The molecule has 0 saturated carbocycles. The molecule has 0 radical (unpaired) electrons. The molecule has 7 nitrogen and oxygen atoms in total.